The van der Waals surface area contributed by atoms with Gasteiger partial charge in [0, 0.05) is 35.8 Å². The maximum absolute atomic E-state index is 14.1. The van der Waals surface area contributed by atoms with Gasteiger partial charge in [-0.1, -0.05) is 36.4 Å². The first-order valence-electron chi connectivity index (χ1n) is 14.2. The Hall–Kier alpha value is -4.29. The minimum atomic E-state index is -1.56. The SMILES string of the molecule is CNCC(=O)N1CCCC(NC(=O)c2sc3c(N)ccc4c3c2C(N)C(=O)C4(N)c2ccc(Oc3ccccc3)cc2)C1. The molecule has 3 atom stereocenters. The third-order valence-corrected chi connectivity index (χ3v) is 9.50. The van der Waals surface area contributed by atoms with E-state index in [0.717, 1.165) is 12.8 Å². The van der Waals surface area contributed by atoms with Gasteiger partial charge in [-0.2, -0.15) is 0 Å². The van der Waals surface area contributed by atoms with E-state index in [1.807, 2.05) is 30.3 Å². The highest BCUT2D eigenvalue weighted by molar-refractivity contribution is 7.21. The second-order valence-corrected chi connectivity index (χ2v) is 12.0. The Morgan fingerprint density at radius 1 is 1.07 bits per heavy atom. The summed E-state index contributed by atoms with van der Waals surface area (Å²) < 4.78 is 6.58. The van der Waals surface area contributed by atoms with Crippen LogP contribution in [0.15, 0.2) is 66.7 Å². The third kappa shape index (κ3) is 5.04. The molecule has 1 aromatic heterocycles. The molecule has 0 bridgehead atoms. The average molecular weight is 599 g/mol. The highest BCUT2D eigenvalue weighted by Crippen LogP contribution is 2.49. The summed E-state index contributed by atoms with van der Waals surface area (Å²) in [4.78, 5) is 42.3. The molecule has 10 nitrogen and oxygen atoms in total. The molecule has 0 spiro atoms. The predicted molar refractivity (Wildman–Crippen MR) is 167 cm³/mol. The number of benzene rings is 3. The summed E-state index contributed by atoms with van der Waals surface area (Å²) in [5.41, 5.74) is 20.5. The summed E-state index contributed by atoms with van der Waals surface area (Å²) >= 11 is 1.21. The van der Waals surface area contributed by atoms with E-state index in [1.165, 1.54) is 11.3 Å². The summed E-state index contributed by atoms with van der Waals surface area (Å²) in [6.45, 7) is 1.31. The fourth-order valence-electron chi connectivity index (χ4n) is 6.09. The van der Waals surface area contributed by atoms with Crippen LogP contribution in [-0.2, 0) is 15.1 Å². The zero-order valence-corrected chi connectivity index (χ0v) is 24.6. The smallest absolute Gasteiger partial charge is 0.262 e. The van der Waals surface area contributed by atoms with Crippen LogP contribution in [0.2, 0.25) is 0 Å². The molecule has 1 saturated heterocycles. The first-order valence-corrected chi connectivity index (χ1v) is 15.0. The number of thiophene rings is 1. The number of anilines is 1. The quantitative estimate of drug-likeness (QED) is 0.203. The molecule has 43 heavy (non-hydrogen) atoms. The number of hydrogen-bond acceptors (Lipinski definition) is 9. The number of carbonyl (C=O) groups is 3. The van der Waals surface area contributed by atoms with Crippen molar-refractivity contribution in [2.24, 2.45) is 11.5 Å². The molecular formula is C32H34N6O4S. The van der Waals surface area contributed by atoms with E-state index in [4.69, 9.17) is 21.9 Å². The van der Waals surface area contributed by atoms with Crippen LogP contribution < -0.4 is 32.6 Å². The van der Waals surface area contributed by atoms with Crippen LogP contribution >= 0.6 is 11.3 Å². The van der Waals surface area contributed by atoms with Crippen molar-refractivity contribution >= 4 is 44.7 Å². The van der Waals surface area contributed by atoms with Crippen molar-refractivity contribution in [3.05, 3.63) is 88.3 Å². The van der Waals surface area contributed by atoms with Gasteiger partial charge in [-0.05, 0) is 61.3 Å². The van der Waals surface area contributed by atoms with Crippen LogP contribution in [-0.4, -0.2) is 55.2 Å². The fraction of sp³-hybridized carbons (Fsp3) is 0.281. The van der Waals surface area contributed by atoms with E-state index in [0.29, 0.717) is 61.9 Å². The van der Waals surface area contributed by atoms with Crippen molar-refractivity contribution in [3.63, 3.8) is 0 Å². The van der Waals surface area contributed by atoms with Crippen LogP contribution in [0.5, 0.6) is 11.5 Å². The number of likely N-dealkylation sites (tertiary alicyclic amines) is 1. The lowest BCUT2D eigenvalue weighted by Crippen LogP contribution is -2.53. The number of amides is 2. The molecule has 0 radical (unpaired) electrons. The van der Waals surface area contributed by atoms with Gasteiger partial charge < -0.3 is 37.5 Å². The Kier molecular flexibility index (Phi) is 7.65. The van der Waals surface area contributed by atoms with E-state index < -0.39 is 17.4 Å². The molecule has 3 unspecified atom stereocenters. The number of nitrogens with two attached hydrogens (primary N) is 3. The van der Waals surface area contributed by atoms with E-state index in [9.17, 15) is 14.4 Å². The van der Waals surface area contributed by atoms with E-state index >= 15 is 0 Å². The summed E-state index contributed by atoms with van der Waals surface area (Å²) in [6.07, 6.45) is 1.52. The number of nitrogen functional groups attached to an aromatic ring is 1. The largest absolute Gasteiger partial charge is 0.457 e. The standard InChI is InChI=1S/C32H34N6O4S/c1-36-16-24(39)38-15-5-6-19(17-38)37-31(41)29-26-25-22(13-14-23(33)28(25)43-29)32(35,30(40)27(26)34)18-9-11-21(12-10-18)42-20-7-3-2-4-8-20/h2-4,7-14,19,27,36H,5-6,15-17,33-35H2,1H3,(H,37,41). The molecule has 2 aliphatic rings. The van der Waals surface area contributed by atoms with E-state index in [-0.39, 0.29) is 24.4 Å². The van der Waals surface area contributed by atoms with Gasteiger partial charge in [0.25, 0.3) is 5.91 Å². The van der Waals surface area contributed by atoms with Crippen molar-refractivity contribution in [1.29, 1.82) is 0 Å². The van der Waals surface area contributed by atoms with Gasteiger partial charge in [0.15, 0.2) is 5.78 Å². The van der Waals surface area contributed by atoms with Crippen LogP contribution in [0.4, 0.5) is 5.69 Å². The molecule has 1 fully saturated rings. The molecule has 6 rings (SSSR count). The second kappa shape index (κ2) is 11.4. The molecule has 1 aliphatic heterocycles. The number of rotatable bonds is 7. The highest BCUT2D eigenvalue weighted by Gasteiger charge is 2.48. The summed E-state index contributed by atoms with van der Waals surface area (Å²) in [6, 6.07) is 18.5. The molecular weight excluding hydrogens is 564 g/mol. The van der Waals surface area contributed by atoms with Crippen molar-refractivity contribution in [2.75, 3.05) is 32.4 Å². The summed E-state index contributed by atoms with van der Waals surface area (Å²) in [5, 5.41) is 6.60. The lowest BCUT2D eigenvalue weighted by Gasteiger charge is -2.37. The average Bonchev–Trinajstić information content (AvgIpc) is 3.43. The van der Waals surface area contributed by atoms with Crippen LogP contribution in [0.1, 0.15) is 45.2 Å². The van der Waals surface area contributed by atoms with Gasteiger partial charge >= 0.3 is 0 Å². The molecule has 11 heteroatoms. The number of piperidine rings is 1. The third-order valence-electron chi connectivity index (χ3n) is 8.25. The lowest BCUT2D eigenvalue weighted by atomic mass is 9.70. The molecule has 222 valence electrons. The number of para-hydroxylation sites is 1. The molecule has 2 amide bonds. The minimum Gasteiger partial charge on any atom is -0.457 e. The van der Waals surface area contributed by atoms with E-state index in [1.54, 1.807) is 48.3 Å². The topological polar surface area (TPSA) is 166 Å². The van der Waals surface area contributed by atoms with Gasteiger partial charge in [0.1, 0.15) is 17.0 Å². The van der Waals surface area contributed by atoms with Crippen LogP contribution in [0.3, 0.4) is 0 Å². The minimum absolute atomic E-state index is 0.0117. The first-order chi connectivity index (χ1) is 20.7. The molecule has 3 aromatic carbocycles. The van der Waals surface area contributed by atoms with E-state index in [2.05, 4.69) is 10.6 Å². The maximum Gasteiger partial charge on any atom is 0.262 e. The highest BCUT2D eigenvalue weighted by atomic mass is 32.1. The van der Waals surface area contributed by atoms with Crippen molar-refractivity contribution < 1.29 is 19.1 Å². The zero-order valence-electron chi connectivity index (χ0n) is 23.8. The normalized spacial score (nSPS) is 21.6. The number of ketones is 1. The monoisotopic (exact) mass is 598 g/mol. The Labute approximate surface area is 253 Å². The number of carbonyl (C=O) groups excluding carboxylic acids is 3. The van der Waals surface area contributed by atoms with Crippen molar-refractivity contribution in [1.82, 2.24) is 15.5 Å². The van der Waals surface area contributed by atoms with Gasteiger partial charge in [-0.15, -0.1) is 11.3 Å². The molecule has 4 aromatic rings. The number of nitrogens with one attached hydrogen (secondary N) is 2. The van der Waals surface area contributed by atoms with Gasteiger partial charge in [-0.3, -0.25) is 14.4 Å². The number of Topliss-reactive ketones (excluding diaryl/α,β-unsaturated/α-hetero) is 1. The molecule has 2 heterocycles. The summed E-state index contributed by atoms with van der Waals surface area (Å²) in [5.74, 6) is 0.509. The maximum atomic E-state index is 14.1. The van der Waals surface area contributed by atoms with Gasteiger partial charge in [-0.25, -0.2) is 0 Å². The predicted octanol–water partition coefficient (Wildman–Crippen LogP) is 3.00. The van der Waals surface area contributed by atoms with Crippen LogP contribution in [0.25, 0.3) is 10.1 Å². The Morgan fingerprint density at radius 3 is 2.51 bits per heavy atom. The number of likely N-dealkylation sites (N-methyl/N-ethyl adjacent to an activating group) is 1. The molecule has 8 N–H and O–H groups in total. The van der Waals surface area contributed by atoms with Crippen molar-refractivity contribution in [3.8, 4) is 11.5 Å². The fourth-order valence-corrected chi connectivity index (χ4v) is 7.30. The van der Waals surface area contributed by atoms with Gasteiger partial charge in [0.2, 0.25) is 5.91 Å². The lowest BCUT2D eigenvalue weighted by molar-refractivity contribution is -0.131. The number of ether oxygens (including phenoxy) is 1. The van der Waals surface area contributed by atoms with Crippen LogP contribution in [0, 0.1) is 0 Å². The zero-order chi connectivity index (χ0) is 30.3. The molecule has 1 aliphatic carbocycles. The van der Waals surface area contributed by atoms with Gasteiger partial charge in [0.05, 0.1) is 22.2 Å². The first kappa shape index (κ1) is 28.8. The second-order valence-electron chi connectivity index (χ2n) is 11.0. The Bertz CT molecular complexity index is 1710. The Morgan fingerprint density at radius 2 is 1.79 bits per heavy atom. The van der Waals surface area contributed by atoms with Crippen molar-refractivity contribution in [2.45, 2.75) is 30.5 Å². The number of nitrogens with zero attached hydrogens (tertiary/aromatic N) is 1. The molecule has 0 saturated carbocycles. The Balaban J connectivity index is 1.34. The summed E-state index contributed by atoms with van der Waals surface area (Å²) in [7, 11) is 1.73. The number of hydrogen-bond donors (Lipinski definition) is 5.